The highest BCUT2D eigenvalue weighted by atomic mass is 19.4. The van der Waals surface area contributed by atoms with Crippen LogP contribution < -0.4 is 4.90 Å². The summed E-state index contributed by atoms with van der Waals surface area (Å²) in [6.45, 7) is 6.21. The number of phenols is 1. The first kappa shape index (κ1) is 20.8. The molecule has 1 aromatic heterocycles. The van der Waals surface area contributed by atoms with Crippen molar-refractivity contribution in [3.05, 3.63) is 34.9 Å². The molecule has 4 rings (SSSR count). The van der Waals surface area contributed by atoms with Crippen molar-refractivity contribution in [1.82, 2.24) is 15.1 Å². The fourth-order valence-corrected chi connectivity index (χ4v) is 4.52. The third kappa shape index (κ3) is 3.82. The van der Waals surface area contributed by atoms with Crippen LogP contribution in [0.2, 0.25) is 0 Å². The van der Waals surface area contributed by atoms with Crippen LogP contribution in [0.5, 0.6) is 5.75 Å². The fourth-order valence-electron chi connectivity index (χ4n) is 4.52. The number of piperidine rings is 1. The van der Waals surface area contributed by atoms with Crippen molar-refractivity contribution >= 4 is 5.82 Å². The van der Waals surface area contributed by atoms with E-state index in [1.807, 2.05) is 6.92 Å². The molecule has 1 saturated heterocycles. The molecular formula is C21H24F4N4O. The summed E-state index contributed by atoms with van der Waals surface area (Å²) < 4.78 is 53.1. The van der Waals surface area contributed by atoms with Gasteiger partial charge in [-0.05, 0) is 43.7 Å². The van der Waals surface area contributed by atoms with Gasteiger partial charge in [0.15, 0.2) is 5.82 Å². The van der Waals surface area contributed by atoms with Gasteiger partial charge in [0.1, 0.15) is 11.9 Å². The number of hydrogen-bond acceptors (Lipinski definition) is 5. The van der Waals surface area contributed by atoms with Gasteiger partial charge in [0, 0.05) is 43.2 Å². The van der Waals surface area contributed by atoms with Crippen LogP contribution in [-0.4, -0.2) is 58.6 Å². The molecule has 0 saturated carbocycles. The Balaban J connectivity index is 1.64. The van der Waals surface area contributed by atoms with E-state index in [1.165, 1.54) is 6.92 Å². The number of nitrogens with zero attached hydrogens (tertiary/aromatic N) is 4. The molecule has 0 bridgehead atoms. The van der Waals surface area contributed by atoms with Gasteiger partial charge in [-0.25, -0.2) is 4.39 Å². The lowest BCUT2D eigenvalue weighted by Gasteiger charge is -2.39. The zero-order valence-electron chi connectivity index (χ0n) is 16.9. The molecule has 2 aliphatic rings. The molecular weight excluding hydrogens is 400 g/mol. The van der Waals surface area contributed by atoms with E-state index in [2.05, 4.69) is 20.0 Å². The van der Waals surface area contributed by atoms with E-state index in [9.17, 15) is 22.7 Å². The molecule has 0 spiro atoms. The second-order valence-electron chi connectivity index (χ2n) is 8.05. The van der Waals surface area contributed by atoms with Crippen molar-refractivity contribution in [1.29, 1.82) is 0 Å². The molecule has 0 radical (unpaired) electrons. The Morgan fingerprint density at radius 3 is 2.60 bits per heavy atom. The third-order valence-corrected chi connectivity index (χ3v) is 5.98. The third-order valence-electron chi connectivity index (χ3n) is 5.98. The lowest BCUT2D eigenvalue weighted by Crippen LogP contribution is -2.51. The largest absolute Gasteiger partial charge is 0.507 e. The molecule has 2 atom stereocenters. The second kappa shape index (κ2) is 7.68. The van der Waals surface area contributed by atoms with Crippen LogP contribution in [0, 0.1) is 6.92 Å². The highest BCUT2D eigenvalue weighted by Crippen LogP contribution is 2.40. The molecule has 3 heterocycles. The summed E-state index contributed by atoms with van der Waals surface area (Å²) in [4.78, 5) is 4.17. The summed E-state index contributed by atoms with van der Waals surface area (Å²) >= 11 is 0. The minimum absolute atomic E-state index is 0.0105. The topological polar surface area (TPSA) is 52.5 Å². The van der Waals surface area contributed by atoms with Gasteiger partial charge < -0.3 is 10.0 Å². The molecule has 0 unspecified atom stereocenters. The molecule has 30 heavy (non-hydrogen) atoms. The molecule has 2 aliphatic heterocycles. The number of hydrogen-bond donors (Lipinski definition) is 1. The van der Waals surface area contributed by atoms with Crippen molar-refractivity contribution < 1.29 is 22.7 Å². The minimum atomic E-state index is -4.54. The van der Waals surface area contributed by atoms with E-state index in [-0.39, 0.29) is 17.2 Å². The predicted molar refractivity (Wildman–Crippen MR) is 105 cm³/mol. The van der Waals surface area contributed by atoms with E-state index in [1.54, 1.807) is 6.07 Å². The summed E-state index contributed by atoms with van der Waals surface area (Å²) in [5, 5.41) is 18.8. The normalized spacial score (nSPS) is 22.4. The molecule has 1 aromatic carbocycles. The van der Waals surface area contributed by atoms with Crippen LogP contribution in [0.4, 0.5) is 23.4 Å². The van der Waals surface area contributed by atoms with E-state index < -0.39 is 23.7 Å². The number of anilines is 1. The monoisotopic (exact) mass is 424 g/mol. The van der Waals surface area contributed by atoms with Crippen LogP contribution in [-0.2, 0) is 12.6 Å². The maximum absolute atomic E-state index is 14.2. The summed E-state index contributed by atoms with van der Waals surface area (Å²) in [7, 11) is 0. The van der Waals surface area contributed by atoms with E-state index in [4.69, 9.17) is 0 Å². The number of aromatic hydroxyl groups is 1. The lowest BCUT2D eigenvalue weighted by atomic mass is 9.99. The summed E-state index contributed by atoms with van der Waals surface area (Å²) in [6, 6.07) is 3.49. The molecule has 0 aliphatic carbocycles. The number of alkyl halides is 4. The van der Waals surface area contributed by atoms with Gasteiger partial charge in [0.05, 0.1) is 11.3 Å². The Kier molecular flexibility index (Phi) is 5.34. The Hall–Kier alpha value is -2.42. The molecule has 162 valence electrons. The number of rotatable bonds is 3. The van der Waals surface area contributed by atoms with Crippen molar-refractivity contribution in [3.63, 3.8) is 0 Å². The zero-order valence-corrected chi connectivity index (χ0v) is 16.9. The van der Waals surface area contributed by atoms with Crippen LogP contribution >= 0.6 is 0 Å². The van der Waals surface area contributed by atoms with Gasteiger partial charge >= 0.3 is 6.18 Å². The average molecular weight is 424 g/mol. The van der Waals surface area contributed by atoms with Crippen molar-refractivity contribution in [2.45, 2.75) is 45.1 Å². The van der Waals surface area contributed by atoms with Crippen molar-refractivity contribution in [2.24, 2.45) is 0 Å². The standard InChI is InChI=1S/C21H24F4N4O/c1-3-28-10-15(22)9-16(11-28)29-5-4-13-7-17(26-27-20(13)29)19-12(2)6-14(8-18(19)30)21(23,24)25/h6-8,15-16,30H,3-5,9-11H2,1-2H3/t15-,16-/m1/s1. The first-order valence-electron chi connectivity index (χ1n) is 10.1. The van der Waals surface area contributed by atoms with E-state index in [0.717, 1.165) is 24.7 Å². The lowest BCUT2D eigenvalue weighted by molar-refractivity contribution is -0.137. The first-order chi connectivity index (χ1) is 14.2. The number of aryl methyl sites for hydroxylation is 1. The highest BCUT2D eigenvalue weighted by molar-refractivity contribution is 5.73. The molecule has 2 aromatic rings. The predicted octanol–water partition coefficient (Wildman–Crippen LogP) is 3.97. The highest BCUT2D eigenvalue weighted by Gasteiger charge is 2.35. The van der Waals surface area contributed by atoms with Gasteiger partial charge in [0.2, 0.25) is 0 Å². The van der Waals surface area contributed by atoms with Crippen molar-refractivity contribution in [3.8, 4) is 17.0 Å². The SMILES string of the molecule is CCN1C[C@H](F)C[C@@H](N2CCc3cc(-c4c(C)cc(C(F)(F)F)cc4O)nnc32)C1. The van der Waals surface area contributed by atoms with E-state index in [0.29, 0.717) is 43.5 Å². The summed E-state index contributed by atoms with van der Waals surface area (Å²) in [5.74, 6) is 0.218. The maximum Gasteiger partial charge on any atom is 0.416 e. The summed E-state index contributed by atoms with van der Waals surface area (Å²) in [5.41, 5.74) is 0.859. The molecule has 1 fully saturated rings. The zero-order chi connectivity index (χ0) is 21.6. The summed E-state index contributed by atoms with van der Waals surface area (Å²) in [6.07, 6.45) is -4.28. The van der Waals surface area contributed by atoms with Gasteiger partial charge in [-0.15, -0.1) is 10.2 Å². The number of aromatic nitrogens is 2. The Labute approximate surface area is 172 Å². The Bertz CT molecular complexity index is 926. The quantitative estimate of drug-likeness (QED) is 0.756. The van der Waals surface area contributed by atoms with Gasteiger partial charge in [-0.2, -0.15) is 13.2 Å². The number of likely N-dealkylation sites (tertiary alicyclic amines) is 1. The Morgan fingerprint density at radius 1 is 1.17 bits per heavy atom. The Morgan fingerprint density at radius 2 is 1.93 bits per heavy atom. The second-order valence-corrected chi connectivity index (χ2v) is 8.05. The number of likely N-dealkylation sites (N-methyl/N-ethyl adjacent to an activating group) is 1. The maximum atomic E-state index is 14.2. The van der Waals surface area contributed by atoms with Gasteiger partial charge in [-0.1, -0.05) is 6.92 Å². The number of benzene rings is 1. The fraction of sp³-hybridized carbons (Fsp3) is 0.524. The van der Waals surface area contributed by atoms with Crippen LogP contribution in [0.25, 0.3) is 11.3 Å². The number of halogens is 4. The van der Waals surface area contributed by atoms with Crippen LogP contribution in [0.15, 0.2) is 18.2 Å². The number of phenolic OH excluding ortho intramolecular Hbond substituents is 1. The minimum Gasteiger partial charge on any atom is -0.507 e. The molecule has 0 amide bonds. The van der Waals surface area contributed by atoms with E-state index >= 15 is 0 Å². The number of fused-ring (bicyclic) bond motifs is 1. The van der Waals surface area contributed by atoms with Crippen LogP contribution in [0.1, 0.15) is 30.0 Å². The van der Waals surface area contributed by atoms with Crippen molar-refractivity contribution in [2.75, 3.05) is 31.1 Å². The van der Waals surface area contributed by atoms with Gasteiger partial charge in [-0.3, -0.25) is 4.90 Å². The molecule has 1 N–H and O–H groups in total. The van der Waals surface area contributed by atoms with Gasteiger partial charge in [0.25, 0.3) is 0 Å². The molecule has 5 nitrogen and oxygen atoms in total. The van der Waals surface area contributed by atoms with Crippen LogP contribution in [0.3, 0.4) is 0 Å². The smallest absolute Gasteiger partial charge is 0.416 e. The molecule has 9 heteroatoms. The average Bonchev–Trinajstić information content (AvgIpc) is 3.09. The first-order valence-corrected chi connectivity index (χ1v) is 10.1.